The van der Waals surface area contributed by atoms with Gasteiger partial charge in [-0.05, 0) is 18.1 Å². The molecule has 1 aromatic rings. The molecule has 84 valence electrons. The minimum atomic E-state index is -0.940. The van der Waals surface area contributed by atoms with Gasteiger partial charge in [-0.3, -0.25) is 9.59 Å². The summed E-state index contributed by atoms with van der Waals surface area (Å²) in [5.74, 6) is -0.959. The minimum absolute atomic E-state index is 0.114. The predicted octanol–water partition coefficient (Wildman–Crippen LogP) is 1.52. The standard InChI is InChI=1S/C12H12O4/c1-16-9-4-2-3-7-5-8(6-10(13)14)12(15)11(7)9/h2-4,8H,5-6H2,1H3,(H,13,14). The second-order valence-corrected chi connectivity index (χ2v) is 3.86. The van der Waals surface area contributed by atoms with E-state index in [2.05, 4.69) is 0 Å². The van der Waals surface area contributed by atoms with E-state index in [1.165, 1.54) is 7.11 Å². The Morgan fingerprint density at radius 3 is 2.94 bits per heavy atom. The van der Waals surface area contributed by atoms with E-state index < -0.39 is 11.9 Å². The molecule has 2 rings (SSSR count). The lowest BCUT2D eigenvalue weighted by Crippen LogP contribution is -2.14. The van der Waals surface area contributed by atoms with Crippen LogP contribution in [0.25, 0.3) is 0 Å². The first-order valence-electron chi connectivity index (χ1n) is 5.05. The second-order valence-electron chi connectivity index (χ2n) is 3.86. The van der Waals surface area contributed by atoms with Gasteiger partial charge >= 0.3 is 5.97 Å². The van der Waals surface area contributed by atoms with Crippen molar-refractivity contribution >= 4 is 11.8 Å². The summed E-state index contributed by atoms with van der Waals surface area (Å²) in [5.41, 5.74) is 1.44. The maximum absolute atomic E-state index is 12.0. The molecular formula is C12H12O4. The fourth-order valence-electron chi connectivity index (χ4n) is 2.13. The van der Waals surface area contributed by atoms with E-state index in [1.54, 1.807) is 6.07 Å². The number of hydrogen-bond acceptors (Lipinski definition) is 3. The summed E-state index contributed by atoms with van der Waals surface area (Å²) in [4.78, 5) is 22.6. The van der Waals surface area contributed by atoms with E-state index in [0.29, 0.717) is 17.7 Å². The van der Waals surface area contributed by atoms with Gasteiger partial charge in [0.05, 0.1) is 19.1 Å². The van der Waals surface area contributed by atoms with Gasteiger partial charge in [-0.15, -0.1) is 0 Å². The molecule has 1 unspecified atom stereocenters. The number of carboxylic acids is 1. The third kappa shape index (κ3) is 1.66. The number of benzene rings is 1. The number of hydrogen-bond donors (Lipinski definition) is 1. The minimum Gasteiger partial charge on any atom is -0.496 e. The molecular weight excluding hydrogens is 208 g/mol. The summed E-state index contributed by atoms with van der Waals surface area (Å²) >= 11 is 0. The van der Waals surface area contributed by atoms with E-state index in [9.17, 15) is 9.59 Å². The number of carbonyl (C=O) groups excluding carboxylic acids is 1. The molecule has 0 aliphatic heterocycles. The molecule has 16 heavy (non-hydrogen) atoms. The van der Waals surface area contributed by atoms with Crippen LogP contribution in [0, 0.1) is 5.92 Å². The maximum atomic E-state index is 12.0. The lowest BCUT2D eigenvalue weighted by Gasteiger charge is -2.05. The molecule has 0 saturated heterocycles. The Kier molecular flexibility index (Phi) is 2.64. The molecule has 1 atom stereocenters. The van der Waals surface area contributed by atoms with Crippen LogP contribution in [-0.2, 0) is 11.2 Å². The Morgan fingerprint density at radius 1 is 1.56 bits per heavy atom. The van der Waals surface area contributed by atoms with Gasteiger partial charge in [0.25, 0.3) is 0 Å². The van der Waals surface area contributed by atoms with Gasteiger partial charge in [-0.1, -0.05) is 12.1 Å². The summed E-state index contributed by atoms with van der Waals surface area (Å²) in [6.07, 6.45) is 0.383. The molecule has 0 spiro atoms. The Bertz CT molecular complexity index is 450. The molecule has 1 aromatic carbocycles. The van der Waals surface area contributed by atoms with Crippen molar-refractivity contribution in [2.24, 2.45) is 5.92 Å². The van der Waals surface area contributed by atoms with Crippen LogP contribution in [0.15, 0.2) is 18.2 Å². The number of Topliss-reactive ketones (excluding diaryl/α,β-unsaturated/α-hetero) is 1. The van der Waals surface area contributed by atoms with Crippen LogP contribution in [0.5, 0.6) is 5.75 Å². The number of carbonyl (C=O) groups is 2. The zero-order valence-corrected chi connectivity index (χ0v) is 8.90. The number of aliphatic carboxylic acids is 1. The first-order valence-corrected chi connectivity index (χ1v) is 5.05. The SMILES string of the molecule is COc1cccc2c1C(=O)C(CC(=O)O)C2. The summed E-state index contributed by atoms with van der Waals surface area (Å²) in [6, 6.07) is 5.38. The van der Waals surface area contributed by atoms with Gasteiger partial charge in [-0.25, -0.2) is 0 Å². The van der Waals surface area contributed by atoms with Gasteiger partial charge < -0.3 is 9.84 Å². The summed E-state index contributed by atoms with van der Waals surface area (Å²) in [7, 11) is 1.51. The summed E-state index contributed by atoms with van der Waals surface area (Å²) in [5, 5.41) is 8.71. The molecule has 0 bridgehead atoms. The smallest absolute Gasteiger partial charge is 0.304 e. The van der Waals surface area contributed by atoms with Gasteiger partial charge in [0.1, 0.15) is 5.75 Å². The number of ketones is 1. The van der Waals surface area contributed by atoms with Crippen molar-refractivity contribution in [1.29, 1.82) is 0 Å². The van der Waals surface area contributed by atoms with Crippen LogP contribution < -0.4 is 4.74 Å². The van der Waals surface area contributed by atoms with Crippen LogP contribution in [0.4, 0.5) is 0 Å². The molecule has 0 radical (unpaired) electrons. The lowest BCUT2D eigenvalue weighted by atomic mass is 10.0. The fraction of sp³-hybridized carbons (Fsp3) is 0.333. The van der Waals surface area contributed by atoms with Crippen molar-refractivity contribution in [1.82, 2.24) is 0 Å². The van der Waals surface area contributed by atoms with E-state index >= 15 is 0 Å². The highest BCUT2D eigenvalue weighted by atomic mass is 16.5. The van der Waals surface area contributed by atoms with Crippen molar-refractivity contribution in [3.05, 3.63) is 29.3 Å². The molecule has 0 amide bonds. The van der Waals surface area contributed by atoms with E-state index in [0.717, 1.165) is 5.56 Å². The number of carboxylic acid groups (broad SMARTS) is 1. The number of rotatable bonds is 3. The summed E-state index contributed by atoms with van der Waals surface area (Å²) in [6.45, 7) is 0. The average molecular weight is 220 g/mol. The van der Waals surface area contributed by atoms with E-state index in [4.69, 9.17) is 9.84 Å². The average Bonchev–Trinajstić information content (AvgIpc) is 2.55. The van der Waals surface area contributed by atoms with Crippen LogP contribution in [0.2, 0.25) is 0 Å². The lowest BCUT2D eigenvalue weighted by molar-refractivity contribution is -0.137. The number of fused-ring (bicyclic) bond motifs is 1. The molecule has 0 aromatic heterocycles. The van der Waals surface area contributed by atoms with Crippen molar-refractivity contribution < 1.29 is 19.4 Å². The highest BCUT2D eigenvalue weighted by Crippen LogP contribution is 2.34. The predicted molar refractivity (Wildman–Crippen MR) is 56.8 cm³/mol. The molecule has 1 N–H and O–H groups in total. The zero-order valence-electron chi connectivity index (χ0n) is 8.90. The molecule has 0 saturated carbocycles. The monoisotopic (exact) mass is 220 g/mol. The Labute approximate surface area is 92.8 Å². The van der Waals surface area contributed by atoms with Gasteiger partial charge in [-0.2, -0.15) is 0 Å². The van der Waals surface area contributed by atoms with Crippen molar-refractivity contribution in [2.75, 3.05) is 7.11 Å². The normalized spacial score (nSPS) is 18.3. The summed E-state index contributed by atoms with van der Waals surface area (Å²) < 4.78 is 5.11. The quantitative estimate of drug-likeness (QED) is 0.838. The van der Waals surface area contributed by atoms with E-state index in [-0.39, 0.29) is 12.2 Å². The third-order valence-electron chi connectivity index (χ3n) is 2.84. The molecule has 1 aliphatic rings. The topological polar surface area (TPSA) is 63.6 Å². The first kappa shape index (κ1) is 10.7. The van der Waals surface area contributed by atoms with Gasteiger partial charge in [0, 0.05) is 5.92 Å². The Hall–Kier alpha value is -1.84. The third-order valence-corrected chi connectivity index (χ3v) is 2.84. The fourth-order valence-corrected chi connectivity index (χ4v) is 2.13. The first-order chi connectivity index (χ1) is 7.63. The van der Waals surface area contributed by atoms with Gasteiger partial charge in [0.15, 0.2) is 5.78 Å². The van der Waals surface area contributed by atoms with Crippen molar-refractivity contribution in [3.63, 3.8) is 0 Å². The molecule has 4 nitrogen and oxygen atoms in total. The van der Waals surface area contributed by atoms with Crippen LogP contribution in [0.1, 0.15) is 22.3 Å². The molecule has 1 aliphatic carbocycles. The zero-order chi connectivity index (χ0) is 11.7. The number of methoxy groups -OCH3 is 1. The number of ether oxygens (including phenoxy) is 1. The van der Waals surface area contributed by atoms with E-state index in [1.807, 2.05) is 12.1 Å². The Morgan fingerprint density at radius 2 is 2.31 bits per heavy atom. The van der Waals surface area contributed by atoms with Crippen LogP contribution >= 0.6 is 0 Å². The van der Waals surface area contributed by atoms with Gasteiger partial charge in [0.2, 0.25) is 0 Å². The molecule has 0 heterocycles. The molecule has 4 heteroatoms. The van der Waals surface area contributed by atoms with Crippen molar-refractivity contribution in [2.45, 2.75) is 12.8 Å². The maximum Gasteiger partial charge on any atom is 0.304 e. The molecule has 0 fully saturated rings. The highest BCUT2D eigenvalue weighted by molar-refractivity contribution is 6.05. The second kappa shape index (κ2) is 3.96. The van der Waals surface area contributed by atoms with Crippen LogP contribution in [-0.4, -0.2) is 24.0 Å². The largest absolute Gasteiger partial charge is 0.496 e. The van der Waals surface area contributed by atoms with Crippen molar-refractivity contribution in [3.8, 4) is 5.75 Å². The Balaban J connectivity index is 2.35. The van der Waals surface area contributed by atoms with Crippen LogP contribution in [0.3, 0.4) is 0 Å². The highest BCUT2D eigenvalue weighted by Gasteiger charge is 2.34.